The lowest BCUT2D eigenvalue weighted by molar-refractivity contribution is -0.117. The number of rotatable bonds is 7. The maximum Gasteiger partial charge on any atom is 0.268 e. The van der Waals surface area contributed by atoms with E-state index in [1.807, 2.05) is 57.2 Å². The molecule has 2 atom stereocenters. The zero-order valence-corrected chi connectivity index (χ0v) is 19.2. The number of anilines is 1. The number of ether oxygens (including phenoxy) is 2. The van der Waals surface area contributed by atoms with Crippen LogP contribution in [0.5, 0.6) is 11.5 Å². The van der Waals surface area contributed by atoms with Gasteiger partial charge in [-0.25, -0.2) is 0 Å². The molecule has 2 amide bonds. The lowest BCUT2D eigenvalue weighted by Crippen LogP contribution is -2.26. The van der Waals surface area contributed by atoms with E-state index in [-0.39, 0.29) is 29.9 Å². The molecular weight excluding hydrogens is 418 g/mol. The van der Waals surface area contributed by atoms with Gasteiger partial charge in [0.05, 0.1) is 18.2 Å². The van der Waals surface area contributed by atoms with Crippen LogP contribution in [0, 0.1) is 5.92 Å². The van der Waals surface area contributed by atoms with E-state index in [0.717, 1.165) is 58.5 Å². The molecule has 1 saturated carbocycles. The molecule has 0 spiro atoms. The van der Waals surface area contributed by atoms with Crippen LogP contribution in [-0.4, -0.2) is 29.5 Å². The summed E-state index contributed by atoms with van der Waals surface area (Å²) in [7, 11) is 0. The molecule has 1 fully saturated rings. The third-order valence-corrected chi connectivity index (χ3v) is 6.25. The fraction of sp³-hybridized carbons (Fsp3) is 0.385. The molecule has 2 heterocycles. The normalized spacial score (nSPS) is 17.8. The minimum absolute atomic E-state index is 0.0826. The first-order valence-corrected chi connectivity index (χ1v) is 11.6. The molecule has 0 radical (unpaired) electrons. The predicted molar refractivity (Wildman–Crippen MR) is 127 cm³/mol. The summed E-state index contributed by atoms with van der Waals surface area (Å²) in [4.78, 5) is 28.2. The van der Waals surface area contributed by atoms with Gasteiger partial charge < -0.3 is 25.1 Å². The van der Waals surface area contributed by atoms with Crippen molar-refractivity contribution >= 4 is 28.4 Å². The number of fused-ring (bicyclic) bond motifs is 3. The van der Waals surface area contributed by atoms with Gasteiger partial charge in [0, 0.05) is 29.0 Å². The summed E-state index contributed by atoms with van der Waals surface area (Å²) >= 11 is 0. The molecule has 3 aromatic rings. The van der Waals surface area contributed by atoms with Crippen LogP contribution in [0.3, 0.4) is 0 Å². The minimum Gasteiger partial charge on any atom is -0.493 e. The van der Waals surface area contributed by atoms with Crippen molar-refractivity contribution in [2.24, 2.45) is 5.92 Å². The molecule has 1 aliphatic carbocycles. The summed E-state index contributed by atoms with van der Waals surface area (Å²) in [5.74, 6) is 1.61. The van der Waals surface area contributed by atoms with Gasteiger partial charge in [-0.2, -0.15) is 0 Å². The second kappa shape index (κ2) is 8.46. The van der Waals surface area contributed by atoms with Gasteiger partial charge in [0.25, 0.3) is 5.91 Å². The Morgan fingerprint density at radius 3 is 2.67 bits per heavy atom. The van der Waals surface area contributed by atoms with Crippen LogP contribution in [0.15, 0.2) is 36.4 Å². The van der Waals surface area contributed by atoms with Gasteiger partial charge in [-0.3, -0.25) is 9.59 Å². The summed E-state index contributed by atoms with van der Waals surface area (Å²) < 4.78 is 11.8. The zero-order chi connectivity index (χ0) is 23.1. The molecule has 1 aliphatic heterocycles. The Morgan fingerprint density at radius 1 is 1.21 bits per heavy atom. The van der Waals surface area contributed by atoms with Crippen molar-refractivity contribution in [3.05, 3.63) is 53.2 Å². The van der Waals surface area contributed by atoms with Crippen molar-refractivity contribution < 1.29 is 19.1 Å². The summed E-state index contributed by atoms with van der Waals surface area (Å²) in [5.41, 5.74) is 4.08. The van der Waals surface area contributed by atoms with Crippen LogP contribution in [-0.2, 0) is 11.2 Å². The number of carbonyl (C=O) groups is 2. The van der Waals surface area contributed by atoms with Crippen molar-refractivity contribution in [1.29, 1.82) is 0 Å². The fourth-order valence-electron chi connectivity index (χ4n) is 4.33. The Labute approximate surface area is 192 Å². The zero-order valence-electron chi connectivity index (χ0n) is 19.2. The van der Waals surface area contributed by atoms with Crippen molar-refractivity contribution in [3.63, 3.8) is 0 Å². The Balaban J connectivity index is 1.33. The molecule has 7 nitrogen and oxygen atoms in total. The highest BCUT2D eigenvalue weighted by molar-refractivity contribution is 6.02. The maximum absolute atomic E-state index is 13.0. The standard InChI is InChI=1S/C26H29N3O4/c1-4-32-22-12-18-11-14(2)33-24(18)23-20(22)13-21(29-23)26(31)27-15(3)16-7-9-19(10-8-16)28-25(30)17-5-6-17/h7-10,12-15,17,29H,4-6,11H2,1-3H3,(H,27,31)(H,28,30)/t14-,15+/m0/s1. The molecule has 33 heavy (non-hydrogen) atoms. The lowest BCUT2D eigenvalue weighted by Gasteiger charge is -2.14. The molecule has 0 unspecified atom stereocenters. The van der Waals surface area contributed by atoms with Crippen molar-refractivity contribution in [2.45, 2.75) is 52.2 Å². The van der Waals surface area contributed by atoms with Crippen LogP contribution in [0.25, 0.3) is 10.9 Å². The Kier molecular flexibility index (Phi) is 5.48. The van der Waals surface area contributed by atoms with E-state index in [9.17, 15) is 9.59 Å². The fourth-order valence-corrected chi connectivity index (χ4v) is 4.33. The number of aromatic amines is 1. The van der Waals surface area contributed by atoms with E-state index in [2.05, 4.69) is 15.6 Å². The molecule has 0 bridgehead atoms. The number of aromatic nitrogens is 1. The first kappa shape index (κ1) is 21.4. The molecule has 7 heteroatoms. The lowest BCUT2D eigenvalue weighted by atomic mass is 10.1. The molecule has 1 aromatic heterocycles. The second-order valence-electron chi connectivity index (χ2n) is 8.98. The highest BCUT2D eigenvalue weighted by Gasteiger charge is 2.29. The molecule has 172 valence electrons. The van der Waals surface area contributed by atoms with Crippen LogP contribution < -0.4 is 20.1 Å². The number of hydrogen-bond donors (Lipinski definition) is 3. The average Bonchev–Trinajstić information content (AvgIpc) is 3.43. The largest absolute Gasteiger partial charge is 0.493 e. The smallest absolute Gasteiger partial charge is 0.268 e. The van der Waals surface area contributed by atoms with E-state index in [4.69, 9.17) is 9.47 Å². The van der Waals surface area contributed by atoms with Crippen molar-refractivity contribution in [3.8, 4) is 11.5 Å². The molecule has 2 aliphatic rings. The van der Waals surface area contributed by atoms with E-state index in [0.29, 0.717) is 12.3 Å². The third-order valence-electron chi connectivity index (χ3n) is 6.25. The summed E-state index contributed by atoms with van der Waals surface area (Å²) in [6.07, 6.45) is 2.86. The van der Waals surface area contributed by atoms with Crippen LogP contribution >= 0.6 is 0 Å². The summed E-state index contributed by atoms with van der Waals surface area (Å²) in [5, 5.41) is 6.83. The first-order chi connectivity index (χ1) is 15.9. The van der Waals surface area contributed by atoms with Crippen LogP contribution in [0.4, 0.5) is 5.69 Å². The van der Waals surface area contributed by atoms with Crippen LogP contribution in [0.1, 0.15) is 61.3 Å². The highest BCUT2D eigenvalue weighted by atomic mass is 16.5. The number of nitrogens with one attached hydrogen (secondary N) is 3. The van der Waals surface area contributed by atoms with Crippen molar-refractivity contribution in [1.82, 2.24) is 10.3 Å². The summed E-state index contributed by atoms with van der Waals surface area (Å²) in [6, 6.07) is 11.2. The van der Waals surface area contributed by atoms with E-state index < -0.39 is 0 Å². The minimum atomic E-state index is -0.203. The van der Waals surface area contributed by atoms with Crippen LogP contribution in [0.2, 0.25) is 0 Å². The molecular formula is C26H29N3O4. The topological polar surface area (TPSA) is 92.5 Å². The van der Waals surface area contributed by atoms with Gasteiger partial charge in [-0.1, -0.05) is 12.1 Å². The second-order valence-corrected chi connectivity index (χ2v) is 8.98. The van der Waals surface area contributed by atoms with E-state index >= 15 is 0 Å². The highest BCUT2D eigenvalue weighted by Crippen LogP contribution is 2.41. The average molecular weight is 448 g/mol. The first-order valence-electron chi connectivity index (χ1n) is 11.6. The SMILES string of the molecule is CCOc1cc2c(c3[nH]c(C(=O)N[C@H](C)c4ccc(NC(=O)C5CC5)cc4)cc13)O[C@@H](C)C2. The third kappa shape index (κ3) is 4.27. The van der Waals surface area contributed by atoms with Crippen molar-refractivity contribution in [2.75, 3.05) is 11.9 Å². The Bertz CT molecular complexity index is 1210. The Hall–Kier alpha value is -3.48. The van der Waals surface area contributed by atoms with E-state index in [1.54, 1.807) is 0 Å². The van der Waals surface area contributed by atoms with Gasteiger partial charge in [0.15, 0.2) is 0 Å². The molecule has 3 N–H and O–H groups in total. The van der Waals surface area contributed by atoms with E-state index in [1.165, 1.54) is 0 Å². The Morgan fingerprint density at radius 2 is 1.97 bits per heavy atom. The van der Waals surface area contributed by atoms with Gasteiger partial charge in [0.2, 0.25) is 5.91 Å². The predicted octanol–water partition coefficient (Wildman–Crippen LogP) is 4.73. The number of amides is 2. The number of carbonyl (C=O) groups excluding carboxylic acids is 2. The number of benzene rings is 2. The molecule has 0 saturated heterocycles. The van der Waals surface area contributed by atoms with Gasteiger partial charge >= 0.3 is 0 Å². The molecule has 5 rings (SSSR count). The summed E-state index contributed by atoms with van der Waals surface area (Å²) in [6.45, 7) is 6.47. The van der Waals surface area contributed by atoms with Gasteiger partial charge in [-0.15, -0.1) is 0 Å². The van der Waals surface area contributed by atoms with Gasteiger partial charge in [0.1, 0.15) is 23.3 Å². The van der Waals surface area contributed by atoms with Gasteiger partial charge in [-0.05, 0) is 63.4 Å². The number of H-pyrrole nitrogens is 1. The monoisotopic (exact) mass is 447 g/mol. The quantitative estimate of drug-likeness (QED) is 0.488. The molecule has 2 aromatic carbocycles. The maximum atomic E-state index is 13.0. The number of hydrogen-bond acceptors (Lipinski definition) is 4.